The molecule has 0 unspecified atom stereocenters. The molecule has 6 heteroatoms. The Balaban J connectivity index is 1.41. The highest BCUT2D eigenvalue weighted by atomic mass is 16.3. The van der Waals surface area contributed by atoms with Crippen molar-refractivity contribution in [2.75, 3.05) is 37.6 Å². The lowest BCUT2D eigenvalue weighted by atomic mass is 10.0. The van der Waals surface area contributed by atoms with Crippen LogP contribution in [0.15, 0.2) is 42.9 Å². The van der Waals surface area contributed by atoms with E-state index in [1.54, 1.807) is 12.4 Å². The van der Waals surface area contributed by atoms with Gasteiger partial charge in [0.2, 0.25) is 5.95 Å². The second kappa shape index (κ2) is 7.43. The van der Waals surface area contributed by atoms with Gasteiger partial charge in [0.25, 0.3) is 0 Å². The Kier molecular flexibility index (Phi) is 4.86. The van der Waals surface area contributed by atoms with Crippen LogP contribution in [0.1, 0.15) is 24.2 Å². The summed E-state index contributed by atoms with van der Waals surface area (Å²) in [6.07, 6.45) is 6.01. The fourth-order valence-corrected chi connectivity index (χ4v) is 3.74. The van der Waals surface area contributed by atoms with Gasteiger partial charge in [-0.3, -0.25) is 4.90 Å². The highest BCUT2D eigenvalue weighted by Gasteiger charge is 2.22. The van der Waals surface area contributed by atoms with Crippen LogP contribution in [-0.2, 0) is 6.42 Å². The van der Waals surface area contributed by atoms with Gasteiger partial charge in [0.1, 0.15) is 0 Å². The Morgan fingerprint density at radius 1 is 1.12 bits per heavy atom. The number of fused-ring (bicyclic) bond motifs is 1. The molecular weight excluding hydrogens is 326 g/mol. The van der Waals surface area contributed by atoms with E-state index < -0.39 is 6.10 Å². The number of anilines is 1. The number of aromatic amines is 1. The minimum Gasteiger partial charge on any atom is -0.387 e. The summed E-state index contributed by atoms with van der Waals surface area (Å²) in [5, 5.41) is 11.9. The number of hydrogen-bond donors (Lipinski definition) is 2. The Bertz CT molecular complexity index is 855. The van der Waals surface area contributed by atoms with Crippen LogP contribution >= 0.6 is 0 Å². The predicted octanol–water partition coefficient (Wildman–Crippen LogP) is 2.38. The number of β-amino-alcohol motifs (C(OH)–C–C–N with tert-alkyl or cyclic N) is 1. The first kappa shape index (κ1) is 17.0. The maximum absolute atomic E-state index is 10.8. The Morgan fingerprint density at radius 2 is 1.88 bits per heavy atom. The SMILES string of the molecule is CCc1cccc2c([C@@H](O)CN3CCN(c4ncccn4)CC3)c[nH]c12. The van der Waals surface area contributed by atoms with Gasteiger partial charge in [-0.2, -0.15) is 0 Å². The number of benzene rings is 1. The lowest BCUT2D eigenvalue weighted by Crippen LogP contribution is -2.48. The number of piperazine rings is 1. The van der Waals surface area contributed by atoms with Crippen molar-refractivity contribution in [1.29, 1.82) is 0 Å². The van der Waals surface area contributed by atoms with Gasteiger partial charge >= 0.3 is 0 Å². The number of aromatic nitrogens is 3. The van der Waals surface area contributed by atoms with Crippen LogP contribution in [0, 0.1) is 0 Å². The van der Waals surface area contributed by atoms with Crippen molar-refractivity contribution in [3.63, 3.8) is 0 Å². The zero-order chi connectivity index (χ0) is 17.9. The fraction of sp³-hybridized carbons (Fsp3) is 0.400. The summed E-state index contributed by atoms with van der Waals surface area (Å²) in [6.45, 7) is 6.36. The van der Waals surface area contributed by atoms with Crippen molar-refractivity contribution in [3.8, 4) is 0 Å². The zero-order valence-electron chi connectivity index (χ0n) is 15.1. The number of aliphatic hydroxyl groups is 1. The highest BCUT2D eigenvalue weighted by Crippen LogP contribution is 2.27. The third-order valence-corrected chi connectivity index (χ3v) is 5.21. The summed E-state index contributed by atoms with van der Waals surface area (Å²) >= 11 is 0. The van der Waals surface area contributed by atoms with E-state index in [9.17, 15) is 5.11 Å². The molecule has 1 fully saturated rings. The minimum atomic E-state index is -0.490. The fourth-order valence-electron chi connectivity index (χ4n) is 3.74. The Hall–Kier alpha value is -2.44. The third-order valence-electron chi connectivity index (χ3n) is 5.21. The number of hydrogen-bond acceptors (Lipinski definition) is 5. The van der Waals surface area contributed by atoms with E-state index in [0.29, 0.717) is 6.54 Å². The van der Waals surface area contributed by atoms with Crippen LogP contribution in [-0.4, -0.2) is 57.7 Å². The van der Waals surface area contributed by atoms with Gasteiger partial charge in [0, 0.05) is 67.8 Å². The molecule has 0 saturated carbocycles. The molecule has 0 spiro atoms. The average molecular weight is 351 g/mol. The number of aliphatic hydroxyl groups excluding tert-OH is 1. The molecule has 4 rings (SSSR count). The summed E-state index contributed by atoms with van der Waals surface area (Å²) < 4.78 is 0. The summed E-state index contributed by atoms with van der Waals surface area (Å²) in [7, 11) is 0. The number of H-pyrrole nitrogens is 1. The van der Waals surface area contributed by atoms with Gasteiger partial charge in [-0.25, -0.2) is 9.97 Å². The lowest BCUT2D eigenvalue weighted by molar-refractivity contribution is 0.110. The van der Waals surface area contributed by atoms with Crippen LogP contribution in [0.25, 0.3) is 10.9 Å². The van der Waals surface area contributed by atoms with Crippen molar-refractivity contribution >= 4 is 16.9 Å². The molecule has 3 heterocycles. The van der Waals surface area contributed by atoms with Crippen molar-refractivity contribution in [2.45, 2.75) is 19.4 Å². The van der Waals surface area contributed by atoms with Crippen LogP contribution in [0.5, 0.6) is 0 Å². The van der Waals surface area contributed by atoms with E-state index in [1.807, 2.05) is 12.3 Å². The molecule has 6 nitrogen and oxygen atoms in total. The smallest absolute Gasteiger partial charge is 0.225 e. The van der Waals surface area contributed by atoms with E-state index in [2.05, 4.69) is 49.9 Å². The van der Waals surface area contributed by atoms with E-state index in [0.717, 1.165) is 55.0 Å². The molecule has 1 saturated heterocycles. The summed E-state index contributed by atoms with van der Waals surface area (Å²) in [6, 6.07) is 8.14. The van der Waals surface area contributed by atoms with E-state index >= 15 is 0 Å². The number of nitrogens with one attached hydrogen (secondary N) is 1. The molecule has 1 atom stereocenters. The Labute approximate surface area is 153 Å². The van der Waals surface area contributed by atoms with Gasteiger partial charge in [-0.15, -0.1) is 0 Å². The number of aryl methyl sites for hydroxylation is 1. The summed E-state index contributed by atoms with van der Waals surface area (Å²) in [5.74, 6) is 0.788. The first-order valence-electron chi connectivity index (χ1n) is 9.27. The monoisotopic (exact) mass is 351 g/mol. The second-order valence-electron chi connectivity index (χ2n) is 6.79. The van der Waals surface area contributed by atoms with Crippen molar-refractivity contribution < 1.29 is 5.11 Å². The zero-order valence-corrected chi connectivity index (χ0v) is 15.1. The largest absolute Gasteiger partial charge is 0.387 e. The molecule has 0 aliphatic carbocycles. The summed E-state index contributed by atoms with van der Waals surface area (Å²) in [4.78, 5) is 16.5. The van der Waals surface area contributed by atoms with Gasteiger partial charge in [0.05, 0.1) is 6.10 Å². The number of nitrogens with zero attached hydrogens (tertiary/aromatic N) is 4. The van der Waals surface area contributed by atoms with Gasteiger partial charge < -0.3 is 15.0 Å². The van der Waals surface area contributed by atoms with Gasteiger partial charge in [0.15, 0.2) is 0 Å². The van der Waals surface area contributed by atoms with Crippen molar-refractivity contribution in [2.24, 2.45) is 0 Å². The maximum Gasteiger partial charge on any atom is 0.225 e. The molecule has 0 radical (unpaired) electrons. The third kappa shape index (κ3) is 3.30. The second-order valence-corrected chi connectivity index (χ2v) is 6.79. The van der Waals surface area contributed by atoms with Crippen LogP contribution in [0.4, 0.5) is 5.95 Å². The van der Waals surface area contributed by atoms with Gasteiger partial charge in [-0.05, 0) is 18.1 Å². The minimum absolute atomic E-state index is 0.490. The topological polar surface area (TPSA) is 68.3 Å². The highest BCUT2D eigenvalue weighted by molar-refractivity contribution is 5.86. The van der Waals surface area contributed by atoms with Crippen LogP contribution in [0.2, 0.25) is 0 Å². The maximum atomic E-state index is 10.8. The molecule has 0 amide bonds. The number of para-hydroxylation sites is 1. The number of rotatable bonds is 5. The molecule has 1 aromatic carbocycles. The molecule has 3 aromatic rings. The van der Waals surface area contributed by atoms with E-state index in [1.165, 1.54) is 5.56 Å². The standard InChI is InChI=1S/C20H25N5O/c1-2-15-5-3-6-16-17(13-23-19(15)16)18(26)14-24-9-11-25(12-10-24)20-21-7-4-8-22-20/h3-8,13,18,23,26H,2,9-12,14H2,1H3/t18-/m0/s1. The molecule has 1 aliphatic rings. The van der Waals surface area contributed by atoms with Crippen LogP contribution in [0.3, 0.4) is 0 Å². The molecule has 2 aromatic heterocycles. The molecule has 26 heavy (non-hydrogen) atoms. The first-order chi connectivity index (χ1) is 12.8. The van der Waals surface area contributed by atoms with Gasteiger partial charge in [-0.1, -0.05) is 25.1 Å². The van der Waals surface area contributed by atoms with Crippen LogP contribution < -0.4 is 4.90 Å². The lowest BCUT2D eigenvalue weighted by Gasteiger charge is -2.35. The predicted molar refractivity (Wildman–Crippen MR) is 103 cm³/mol. The Morgan fingerprint density at radius 3 is 2.62 bits per heavy atom. The molecule has 136 valence electrons. The molecular formula is C20H25N5O. The first-order valence-corrected chi connectivity index (χ1v) is 9.27. The molecule has 1 aliphatic heterocycles. The van der Waals surface area contributed by atoms with Crippen molar-refractivity contribution in [1.82, 2.24) is 19.9 Å². The van der Waals surface area contributed by atoms with Crippen molar-refractivity contribution in [3.05, 3.63) is 54.0 Å². The normalized spacial score (nSPS) is 16.9. The van der Waals surface area contributed by atoms with E-state index in [-0.39, 0.29) is 0 Å². The quantitative estimate of drug-likeness (QED) is 0.739. The van der Waals surface area contributed by atoms with E-state index in [4.69, 9.17) is 0 Å². The average Bonchev–Trinajstić information content (AvgIpc) is 3.13. The molecule has 2 N–H and O–H groups in total. The molecule has 0 bridgehead atoms. The summed E-state index contributed by atoms with van der Waals surface area (Å²) in [5.41, 5.74) is 3.43.